The third kappa shape index (κ3) is 8.09. The van der Waals surface area contributed by atoms with Gasteiger partial charge in [-0.15, -0.1) is 56.7 Å². The van der Waals surface area contributed by atoms with Crippen molar-refractivity contribution in [3.05, 3.63) is 119 Å². The third-order valence-electron chi connectivity index (χ3n) is 8.30. The summed E-state index contributed by atoms with van der Waals surface area (Å²) in [5, 5.41) is 38.4. The first kappa shape index (κ1) is 36.2. The summed E-state index contributed by atoms with van der Waals surface area (Å²) < 4.78 is 0. The van der Waals surface area contributed by atoms with E-state index in [0.717, 1.165) is 71.0 Å². The molecule has 0 unspecified atom stereocenters. The zero-order valence-electron chi connectivity index (χ0n) is 27.5. The van der Waals surface area contributed by atoms with Crippen LogP contribution < -0.4 is 0 Å². The molecule has 7 aromatic rings. The molecule has 0 saturated carbocycles. The Kier molecular flexibility index (Phi) is 10.5. The van der Waals surface area contributed by atoms with Gasteiger partial charge in [-0.1, -0.05) is 48.5 Å². The van der Waals surface area contributed by atoms with Crippen LogP contribution in [-0.2, 0) is 44.9 Å². The summed E-state index contributed by atoms with van der Waals surface area (Å²) in [5.41, 5.74) is 4.50. The van der Waals surface area contributed by atoms with Crippen molar-refractivity contribution in [2.75, 3.05) is 0 Å². The zero-order chi connectivity index (χ0) is 37.2. The van der Waals surface area contributed by atoms with E-state index in [9.17, 15) is 39.6 Å². The Bertz CT molecular complexity index is 2340. The molecule has 0 amide bonds. The van der Waals surface area contributed by atoms with Crippen molar-refractivity contribution in [2.24, 2.45) is 0 Å². The van der Waals surface area contributed by atoms with Gasteiger partial charge in [0.2, 0.25) is 0 Å². The molecule has 0 bridgehead atoms. The Morgan fingerprint density at radius 1 is 0.358 bits per heavy atom. The van der Waals surface area contributed by atoms with Crippen molar-refractivity contribution < 1.29 is 39.6 Å². The number of rotatable bonds is 14. The highest BCUT2D eigenvalue weighted by atomic mass is 32.1. The van der Waals surface area contributed by atoms with Gasteiger partial charge in [-0.3, -0.25) is 19.2 Å². The molecule has 7 rings (SSSR count). The van der Waals surface area contributed by atoms with E-state index >= 15 is 0 Å². The van der Waals surface area contributed by atoms with Gasteiger partial charge < -0.3 is 20.4 Å². The second-order valence-electron chi connectivity index (χ2n) is 12.0. The van der Waals surface area contributed by atoms with Crippen LogP contribution in [-0.4, -0.2) is 44.3 Å². The van der Waals surface area contributed by atoms with Crippen LogP contribution in [0.3, 0.4) is 0 Å². The number of benzene rings is 2. The van der Waals surface area contributed by atoms with Crippen molar-refractivity contribution in [1.82, 2.24) is 0 Å². The molecule has 0 fully saturated rings. The second-order valence-corrected chi connectivity index (χ2v) is 17.4. The number of hydrogen-bond acceptors (Lipinski definition) is 9. The molecule has 0 aliphatic heterocycles. The quantitative estimate of drug-likeness (QED) is 0.0850. The van der Waals surface area contributed by atoms with Gasteiger partial charge in [0.15, 0.2) is 0 Å². The number of carboxylic acid groups (broad SMARTS) is 4. The van der Waals surface area contributed by atoms with Gasteiger partial charge in [0.1, 0.15) is 0 Å². The smallest absolute Gasteiger partial charge is 0.307 e. The highest BCUT2D eigenvalue weighted by Crippen LogP contribution is 2.49. The predicted octanol–water partition coefficient (Wildman–Crippen LogP) is 10.5. The molecule has 266 valence electrons. The van der Waals surface area contributed by atoms with Crippen LogP contribution in [0.4, 0.5) is 0 Å². The number of carbonyl (C=O) groups is 4. The molecule has 0 atom stereocenters. The topological polar surface area (TPSA) is 149 Å². The lowest BCUT2D eigenvalue weighted by Crippen LogP contribution is -2.01. The lowest BCUT2D eigenvalue weighted by Gasteiger charge is -2.05. The van der Waals surface area contributed by atoms with E-state index < -0.39 is 23.9 Å². The van der Waals surface area contributed by atoms with Crippen molar-refractivity contribution in [3.8, 4) is 59.9 Å². The van der Waals surface area contributed by atoms with E-state index in [2.05, 4.69) is 0 Å². The summed E-state index contributed by atoms with van der Waals surface area (Å²) in [7, 11) is 0. The van der Waals surface area contributed by atoms with Crippen LogP contribution in [0.5, 0.6) is 0 Å². The van der Waals surface area contributed by atoms with Crippen LogP contribution in [0.25, 0.3) is 59.9 Å². The fourth-order valence-electron chi connectivity index (χ4n) is 6.07. The first-order chi connectivity index (χ1) is 25.5. The monoisotopic (exact) mass is 796 g/mol. The van der Waals surface area contributed by atoms with E-state index in [1.54, 1.807) is 0 Å². The summed E-state index contributed by atoms with van der Waals surface area (Å²) >= 11 is 7.54. The van der Waals surface area contributed by atoms with Crippen LogP contribution in [0.2, 0.25) is 0 Å². The fourth-order valence-corrected chi connectivity index (χ4v) is 12.0. The fraction of sp³-hybridized carbons (Fsp3) is 0.100. The summed E-state index contributed by atoms with van der Waals surface area (Å²) in [6.07, 6.45) is -0.508. The maximum absolute atomic E-state index is 12.0. The van der Waals surface area contributed by atoms with Crippen LogP contribution >= 0.6 is 56.7 Å². The molecule has 5 heterocycles. The highest BCUT2D eigenvalue weighted by molar-refractivity contribution is 7.30. The largest absolute Gasteiger partial charge is 0.481 e. The van der Waals surface area contributed by atoms with E-state index in [-0.39, 0.29) is 25.7 Å². The third-order valence-corrected chi connectivity index (χ3v) is 14.7. The molecule has 53 heavy (non-hydrogen) atoms. The van der Waals surface area contributed by atoms with Crippen LogP contribution in [0.1, 0.15) is 22.3 Å². The molecule has 0 spiro atoms. The van der Waals surface area contributed by atoms with Crippen LogP contribution in [0, 0.1) is 0 Å². The number of thiophene rings is 5. The number of carboxylic acids is 4. The minimum Gasteiger partial charge on any atom is -0.481 e. The first-order valence-electron chi connectivity index (χ1n) is 16.1. The van der Waals surface area contributed by atoms with Gasteiger partial charge in [-0.25, -0.2) is 0 Å². The minimum absolute atomic E-state index is 0.0899. The molecule has 0 radical (unpaired) electrons. The molecule has 13 heteroatoms. The first-order valence-corrected chi connectivity index (χ1v) is 20.2. The standard InChI is InChI=1S/C40H28O8S5/c41-35(42)17-21-5-1-3-7-25(21)27-9-11-29(49-27)33-15-23(19-37(45)46)39(52-33)31-13-14-32(51-31)40-24(20-38(47)48)16-34(53-40)30-12-10-28(50-30)26-8-4-2-6-22(26)18-36(43)44/h1-16H,17-20H2,(H,41,42)(H,43,44)(H,45,46)(H,47,48). The molecule has 8 nitrogen and oxygen atoms in total. The Morgan fingerprint density at radius 2 is 0.679 bits per heavy atom. The maximum atomic E-state index is 12.0. The summed E-state index contributed by atoms with van der Waals surface area (Å²) in [5.74, 6) is -3.71. The predicted molar refractivity (Wildman–Crippen MR) is 214 cm³/mol. The average molecular weight is 797 g/mol. The molecule has 0 aliphatic rings. The Morgan fingerprint density at radius 3 is 1.08 bits per heavy atom. The van der Waals surface area contributed by atoms with Crippen molar-refractivity contribution in [2.45, 2.75) is 25.7 Å². The average Bonchev–Trinajstić information content (AvgIpc) is 3.94. The second kappa shape index (κ2) is 15.4. The maximum Gasteiger partial charge on any atom is 0.307 e. The van der Waals surface area contributed by atoms with Crippen molar-refractivity contribution in [3.63, 3.8) is 0 Å². The summed E-state index contributed by atoms with van der Waals surface area (Å²) in [4.78, 5) is 55.8. The van der Waals surface area contributed by atoms with Gasteiger partial charge in [0.05, 0.1) is 25.7 Å². The van der Waals surface area contributed by atoms with Gasteiger partial charge in [0, 0.05) is 48.8 Å². The Balaban J connectivity index is 1.22. The van der Waals surface area contributed by atoms with Gasteiger partial charge in [-0.05, 0) is 81.9 Å². The van der Waals surface area contributed by atoms with E-state index in [0.29, 0.717) is 11.1 Å². The summed E-state index contributed by atoms with van der Waals surface area (Å²) in [6, 6.07) is 30.4. The van der Waals surface area contributed by atoms with Crippen molar-refractivity contribution >= 4 is 80.6 Å². The summed E-state index contributed by atoms with van der Waals surface area (Å²) in [6.45, 7) is 0. The SMILES string of the molecule is O=C(O)Cc1ccccc1-c1ccc(-c2cc(CC(=O)O)c(-c3ccc(-c4sc(-c5ccc(-c6ccccc6CC(=O)O)s5)cc4CC(=O)O)s3)s2)s1. The van der Waals surface area contributed by atoms with Gasteiger partial charge in [-0.2, -0.15) is 0 Å². The molecule has 2 aromatic carbocycles. The van der Waals surface area contributed by atoms with E-state index in [1.807, 2.05) is 97.1 Å². The zero-order valence-corrected chi connectivity index (χ0v) is 31.6. The molecule has 5 aromatic heterocycles. The molecule has 4 N–H and O–H groups in total. The van der Waals surface area contributed by atoms with Gasteiger partial charge >= 0.3 is 23.9 Å². The highest BCUT2D eigenvalue weighted by Gasteiger charge is 2.22. The Labute approximate surface area is 323 Å². The van der Waals surface area contributed by atoms with Crippen LogP contribution in [0.15, 0.2) is 97.1 Å². The lowest BCUT2D eigenvalue weighted by molar-refractivity contribution is -0.137. The number of hydrogen-bond donors (Lipinski definition) is 4. The number of aliphatic carboxylic acids is 4. The lowest BCUT2D eigenvalue weighted by atomic mass is 10.0. The molecule has 0 saturated heterocycles. The molecule has 0 aliphatic carbocycles. The van der Waals surface area contributed by atoms with Crippen molar-refractivity contribution in [1.29, 1.82) is 0 Å². The van der Waals surface area contributed by atoms with Gasteiger partial charge in [0.25, 0.3) is 0 Å². The Hall–Kier alpha value is -5.18. The van der Waals surface area contributed by atoms with E-state index in [4.69, 9.17) is 0 Å². The molecular formula is C40H28O8S5. The molecular weight excluding hydrogens is 769 g/mol. The minimum atomic E-state index is -0.950. The normalized spacial score (nSPS) is 11.2. The van der Waals surface area contributed by atoms with E-state index in [1.165, 1.54) is 56.7 Å².